The van der Waals surface area contributed by atoms with Crippen LogP contribution in [0.2, 0.25) is 0 Å². The van der Waals surface area contributed by atoms with Crippen molar-refractivity contribution in [1.29, 1.82) is 5.26 Å². The maximum absolute atomic E-state index is 9.22. The van der Waals surface area contributed by atoms with Gasteiger partial charge in [0.25, 0.3) is 0 Å². The summed E-state index contributed by atoms with van der Waals surface area (Å²) in [5, 5.41) is 9.22. The smallest absolute Gasteiger partial charge is 0.151 e. The monoisotopic (exact) mass is 252 g/mol. The number of aryl methyl sites for hydroxylation is 1. The summed E-state index contributed by atoms with van der Waals surface area (Å²) in [5.74, 6) is 0.643. The van der Waals surface area contributed by atoms with Crippen LogP contribution in [0.4, 0.5) is 17.2 Å². The van der Waals surface area contributed by atoms with E-state index in [1.807, 2.05) is 36.9 Å². The lowest BCUT2D eigenvalue weighted by atomic mass is 10.2. The van der Waals surface area contributed by atoms with Gasteiger partial charge in [0, 0.05) is 12.2 Å². The number of aromatic nitrogens is 1. The summed E-state index contributed by atoms with van der Waals surface area (Å²) in [5.41, 5.74) is 8.86. The Bertz CT molecular complexity index is 628. The Hall–Kier alpha value is -2.54. The second-order valence-electron chi connectivity index (χ2n) is 4.33. The average Bonchev–Trinajstić information content (AvgIpc) is 2.41. The summed E-state index contributed by atoms with van der Waals surface area (Å²) >= 11 is 0. The summed E-state index contributed by atoms with van der Waals surface area (Å²) in [7, 11) is 0. The zero-order valence-electron chi connectivity index (χ0n) is 11.1. The van der Waals surface area contributed by atoms with Crippen LogP contribution >= 0.6 is 0 Å². The van der Waals surface area contributed by atoms with E-state index >= 15 is 0 Å². The van der Waals surface area contributed by atoms with Crippen molar-refractivity contribution in [3.63, 3.8) is 0 Å². The van der Waals surface area contributed by atoms with Gasteiger partial charge in [-0.3, -0.25) is 0 Å². The molecule has 2 aromatic rings. The molecule has 0 saturated carbocycles. The predicted molar refractivity (Wildman–Crippen MR) is 77.2 cm³/mol. The average molecular weight is 252 g/mol. The Morgan fingerprint density at radius 2 is 2.16 bits per heavy atom. The SMILES string of the molecule is CCN(c1cccc(C)c1)c1ncc(N)cc1C#N. The fourth-order valence-electron chi connectivity index (χ4n) is 2.02. The van der Waals surface area contributed by atoms with Crippen molar-refractivity contribution in [2.75, 3.05) is 17.2 Å². The fourth-order valence-corrected chi connectivity index (χ4v) is 2.02. The number of benzene rings is 1. The molecule has 0 radical (unpaired) electrons. The number of hydrogen-bond donors (Lipinski definition) is 1. The lowest BCUT2D eigenvalue weighted by Gasteiger charge is -2.23. The number of hydrogen-bond acceptors (Lipinski definition) is 4. The van der Waals surface area contributed by atoms with Gasteiger partial charge in [0.05, 0.1) is 17.4 Å². The van der Waals surface area contributed by atoms with Crippen molar-refractivity contribution in [3.8, 4) is 6.07 Å². The van der Waals surface area contributed by atoms with Crippen LogP contribution in [0.3, 0.4) is 0 Å². The first-order valence-corrected chi connectivity index (χ1v) is 6.15. The van der Waals surface area contributed by atoms with Crippen molar-refractivity contribution in [2.45, 2.75) is 13.8 Å². The van der Waals surface area contributed by atoms with Gasteiger partial charge in [0.15, 0.2) is 5.82 Å². The highest BCUT2D eigenvalue weighted by molar-refractivity contribution is 5.68. The Labute approximate surface area is 113 Å². The van der Waals surface area contributed by atoms with E-state index < -0.39 is 0 Å². The molecule has 19 heavy (non-hydrogen) atoms. The van der Waals surface area contributed by atoms with Crippen LogP contribution in [-0.4, -0.2) is 11.5 Å². The molecule has 0 amide bonds. The number of anilines is 3. The molecule has 0 saturated heterocycles. The highest BCUT2D eigenvalue weighted by Crippen LogP contribution is 2.27. The molecular formula is C15H16N4. The summed E-state index contributed by atoms with van der Waals surface area (Å²) in [4.78, 5) is 6.31. The third-order valence-corrected chi connectivity index (χ3v) is 2.89. The number of nitriles is 1. The topological polar surface area (TPSA) is 65.9 Å². The molecule has 0 aliphatic heterocycles. The second kappa shape index (κ2) is 5.40. The summed E-state index contributed by atoms with van der Waals surface area (Å²) in [6.45, 7) is 4.80. The van der Waals surface area contributed by atoms with Gasteiger partial charge < -0.3 is 10.6 Å². The number of nitrogens with two attached hydrogens (primary N) is 1. The van der Waals surface area contributed by atoms with Crippen LogP contribution in [-0.2, 0) is 0 Å². The van der Waals surface area contributed by atoms with Gasteiger partial charge in [-0.25, -0.2) is 4.98 Å². The molecule has 96 valence electrons. The Balaban J connectivity index is 2.52. The zero-order chi connectivity index (χ0) is 13.8. The largest absolute Gasteiger partial charge is 0.397 e. The van der Waals surface area contributed by atoms with Crippen LogP contribution in [0.15, 0.2) is 36.5 Å². The van der Waals surface area contributed by atoms with Gasteiger partial charge in [-0.15, -0.1) is 0 Å². The standard InChI is InChI=1S/C15H16N4/c1-3-19(14-6-4-5-11(2)7-14)15-12(9-16)8-13(17)10-18-15/h4-8,10H,3,17H2,1-2H3. The van der Waals surface area contributed by atoms with Crippen molar-refractivity contribution in [1.82, 2.24) is 4.98 Å². The van der Waals surface area contributed by atoms with E-state index in [9.17, 15) is 5.26 Å². The molecule has 4 heteroatoms. The molecule has 2 N–H and O–H groups in total. The molecule has 0 spiro atoms. The first-order chi connectivity index (χ1) is 9.15. The van der Waals surface area contributed by atoms with Gasteiger partial charge in [0.1, 0.15) is 6.07 Å². The number of rotatable bonds is 3. The molecule has 0 fully saturated rings. The normalized spacial score (nSPS) is 9.95. The first kappa shape index (κ1) is 12.9. The summed E-state index contributed by atoms with van der Waals surface area (Å²) in [6.07, 6.45) is 1.58. The van der Waals surface area contributed by atoms with E-state index in [4.69, 9.17) is 5.73 Å². The summed E-state index contributed by atoms with van der Waals surface area (Å²) in [6, 6.07) is 11.9. The first-order valence-electron chi connectivity index (χ1n) is 6.15. The molecule has 1 heterocycles. The van der Waals surface area contributed by atoms with Crippen molar-refractivity contribution in [3.05, 3.63) is 47.7 Å². The van der Waals surface area contributed by atoms with Crippen LogP contribution < -0.4 is 10.6 Å². The van der Waals surface area contributed by atoms with E-state index in [-0.39, 0.29) is 0 Å². The van der Waals surface area contributed by atoms with Crippen LogP contribution in [0.5, 0.6) is 0 Å². The molecule has 4 nitrogen and oxygen atoms in total. The minimum atomic E-state index is 0.489. The highest BCUT2D eigenvalue weighted by atomic mass is 15.2. The molecule has 0 atom stereocenters. The van der Waals surface area contributed by atoms with Gasteiger partial charge in [-0.1, -0.05) is 12.1 Å². The van der Waals surface area contributed by atoms with E-state index in [1.165, 1.54) is 5.56 Å². The van der Waals surface area contributed by atoms with Crippen LogP contribution in [0.1, 0.15) is 18.1 Å². The quantitative estimate of drug-likeness (QED) is 0.911. The van der Waals surface area contributed by atoms with Gasteiger partial charge in [-0.2, -0.15) is 5.26 Å². The molecule has 0 unspecified atom stereocenters. The Morgan fingerprint density at radius 3 is 2.79 bits per heavy atom. The molecule has 0 bridgehead atoms. The maximum atomic E-state index is 9.22. The second-order valence-corrected chi connectivity index (χ2v) is 4.33. The lowest BCUT2D eigenvalue weighted by Crippen LogP contribution is -2.18. The van der Waals surface area contributed by atoms with E-state index in [1.54, 1.807) is 12.3 Å². The van der Waals surface area contributed by atoms with E-state index in [2.05, 4.69) is 17.1 Å². The zero-order valence-corrected chi connectivity index (χ0v) is 11.1. The predicted octanol–water partition coefficient (Wildman–Crippen LogP) is 3.00. The highest BCUT2D eigenvalue weighted by Gasteiger charge is 2.13. The van der Waals surface area contributed by atoms with Crippen molar-refractivity contribution >= 4 is 17.2 Å². The Kier molecular flexibility index (Phi) is 3.67. The molecule has 2 rings (SSSR count). The molecule has 0 aliphatic carbocycles. The van der Waals surface area contributed by atoms with E-state index in [0.29, 0.717) is 17.1 Å². The van der Waals surface area contributed by atoms with Crippen LogP contribution in [0, 0.1) is 18.3 Å². The van der Waals surface area contributed by atoms with Gasteiger partial charge in [0.2, 0.25) is 0 Å². The number of nitrogens with zero attached hydrogens (tertiary/aromatic N) is 3. The third-order valence-electron chi connectivity index (χ3n) is 2.89. The molecule has 0 aliphatic rings. The maximum Gasteiger partial charge on any atom is 0.151 e. The lowest BCUT2D eigenvalue weighted by molar-refractivity contribution is 0.985. The Morgan fingerprint density at radius 1 is 1.37 bits per heavy atom. The molecule has 1 aromatic heterocycles. The fraction of sp³-hybridized carbons (Fsp3) is 0.200. The molecule has 1 aromatic carbocycles. The number of pyridine rings is 1. The molecular weight excluding hydrogens is 236 g/mol. The minimum Gasteiger partial charge on any atom is -0.397 e. The van der Waals surface area contributed by atoms with Gasteiger partial charge >= 0.3 is 0 Å². The summed E-state index contributed by atoms with van der Waals surface area (Å²) < 4.78 is 0. The number of nitrogen functional groups attached to an aromatic ring is 1. The van der Waals surface area contributed by atoms with Crippen LogP contribution in [0.25, 0.3) is 0 Å². The third kappa shape index (κ3) is 2.66. The minimum absolute atomic E-state index is 0.489. The van der Waals surface area contributed by atoms with Gasteiger partial charge in [-0.05, 0) is 37.6 Å². The van der Waals surface area contributed by atoms with Crippen molar-refractivity contribution in [2.24, 2.45) is 0 Å². The van der Waals surface area contributed by atoms with Crippen molar-refractivity contribution < 1.29 is 0 Å². The van der Waals surface area contributed by atoms with E-state index in [0.717, 1.165) is 12.2 Å².